The van der Waals surface area contributed by atoms with Gasteiger partial charge in [0.1, 0.15) is 5.82 Å². The Balaban J connectivity index is 1.93. The van der Waals surface area contributed by atoms with E-state index in [0.717, 1.165) is 0 Å². The van der Waals surface area contributed by atoms with Crippen molar-refractivity contribution in [1.29, 1.82) is 0 Å². The van der Waals surface area contributed by atoms with Crippen molar-refractivity contribution >= 4 is 5.84 Å². The Hall–Kier alpha value is -2.41. The fourth-order valence-corrected chi connectivity index (χ4v) is 1.82. The standard InChI is InChI=1S/C13H16FN5O/c14-12-10(3-1-4-11(12)13(15)18-20)9-16-6-8-19-7-2-5-17-19/h1-5,7,16,20H,6,8-9H2,(H2,15,18). The first-order chi connectivity index (χ1) is 9.72. The Morgan fingerprint density at radius 3 is 3.00 bits per heavy atom. The van der Waals surface area contributed by atoms with Crippen molar-refractivity contribution in [3.8, 4) is 0 Å². The van der Waals surface area contributed by atoms with Crippen LogP contribution in [0.25, 0.3) is 0 Å². The smallest absolute Gasteiger partial charge is 0.173 e. The summed E-state index contributed by atoms with van der Waals surface area (Å²) in [5.41, 5.74) is 5.97. The molecule has 20 heavy (non-hydrogen) atoms. The van der Waals surface area contributed by atoms with Crippen molar-refractivity contribution in [3.05, 3.63) is 53.6 Å². The summed E-state index contributed by atoms with van der Waals surface area (Å²) in [6.45, 7) is 1.73. The molecule has 0 radical (unpaired) electrons. The lowest BCUT2D eigenvalue weighted by atomic mass is 10.1. The molecule has 0 spiro atoms. The van der Waals surface area contributed by atoms with Crippen LogP contribution in [-0.4, -0.2) is 27.4 Å². The summed E-state index contributed by atoms with van der Waals surface area (Å²) in [4.78, 5) is 0. The summed E-state index contributed by atoms with van der Waals surface area (Å²) < 4.78 is 15.9. The SMILES string of the molecule is N/C(=N/O)c1cccc(CNCCn2cccn2)c1F. The molecule has 0 aliphatic rings. The number of hydrogen-bond donors (Lipinski definition) is 3. The van der Waals surface area contributed by atoms with E-state index in [1.165, 1.54) is 6.07 Å². The van der Waals surface area contributed by atoms with Gasteiger partial charge in [-0.15, -0.1) is 0 Å². The fraction of sp³-hybridized carbons (Fsp3) is 0.231. The maximum Gasteiger partial charge on any atom is 0.173 e. The van der Waals surface area contributed by atoms with Crippen molar-refractivity contribution < 1.29 is 9.60 Å². The summed E-state index contributed by atoms with van der Waals surface area (Å²) in [5, 5.41) is 18.6. The maximum atomic E-state index is 14.1. The average Bonchev–Trinajstić information content (AvgIpc) is 2.97. The summed E-state index contributed by atoms with van der Waals surface area (Å²) in [6.07, 6.45) is 3.57. The van der Waals surface area contributed by atoms with Crippen LogP contribution in [0.2, 0.25) is 0 Å². The Morgan fingerprint density at radius 2 is 2.30 bits per heavy atom. The van der Waals surface area contributed by atoms with Gasteiger partial charge < -0.3 is 16.3 Å². The van der Waals surface area contributed by atoms with Crippen LogP contribution in [0.3, 0.4) is 0 Å². The molecular weight excluding hydrogens is 261 g/mol. The van der Waals surface area contributed by atoms with Gasteiger partial charge in [-0.2, -0.15) is 5.10 Å². The third kappa shape index (κ3) is 3.33. The number of nitrogens with zero attached hydrogens (tertiary/aromatic N) is 3. The van der Waals surface area contributed by atoms with E-state index in [4.69, 9.17) is 10.9 Å². The average molecular weight is 277 g/mol. The largest absolute Gasteiger partial charge is 0.409 e. The van der Waals surface area contributed by atoms with Gasteiger partial charge in [-0.05, 0) is 12.1 Å². The Morgan fingerprint density at radius 1 is 1.45 bits per heavy atom. The molecule has 0 saturated heterocycles. The number of oxime groups is 1. The lowest BCUT2D eigenvalue weighted by Gasteiger charge is -2.09. The van der Waals surface area contributed by atoms with E-state index >= 15 is 0 Å². The van der Waals surface area contributed by atoms with E-state index in [0.29, 0.717) is 25.2 Å². The molecule has 2 aromatic rings. The van der Waals surface area contributed by atoms with Crippen LogP contribution in [-0.2, 0) is 13.1 Å². The second-order valence-electron chi connectivity index (χ2n) is 4.21. The first-order valence-electron chi connectivity index (χ1n) is 6.16. The van der Waals surface area contributed by atoms with Crippen LogP contribution in [0.5, 0.6) is 0 Å². The third-order valence-electron chi connectivity index (χ3n) is 2.85. The monoisotopic (exact) mass is 277 g/mol. The molecule has 1 heterocycles. The van der Waals surface area contributed by atoms with Crippen LogP contribution in [0.15, 0.2) is 41.8 Å². The number of hydrogen-bond acceptors (Lipinski definition) is 4. The predicted molar refractivity (Wildman–Crippen MR) is 72.8 cm³/mol. The van der Waals surface area contributed by atoms with Gasteiger partial charge in [-0.1, -0.05) is 17.3 Å². The summed E-state index contributed by atoms with van der Waals surface area (Å²) >= 11 is 0. The second kappa shape index (κ2) is 6.67. The highest BCUT2D eigenvalue weighted by atomic mass is 19.1. The topological polar surface area (TPSA) is 88.5 Å². The minimum Gasteiger partial charge on any atom is -0.409 e. The molecule has 4 N–H and O–H groups in total. The molecule has 1 aromatic carbocycles. The molecule has 1 aromatic heterocycles. The Bertz CT molecular complexity index is 582. The lowest BCUT2D eigenvalue weighted by Crippen LogP contribution is -2.22. The van der Waals surface area contributed by atoms with Gasteiger partial charge in [0.25, 0.3) is 0 Å². The van der Waals surface area contributed by atoms with Crippen molar-refractivity contribution in [3.63, 3.8) is 0 Å². The number of aromatic nitrogens is 2. The van der Waals surface area contributed by atoms with E-state index in [2.05, 4.69) is 15.6 Å². The normalized spacial score (nSPS) is 11.8. The van der Waals surface area contributed by atoms with E-state index in [1.807, 2.05) is 12.3 Å². The minimum atomic E-state index is -0.477. The summed E-state index contributed by atoms with van der Waals surface area (Å²) in [6, 6.07) is 6.64. The molecule has 0 aliphatic heterocycles. The number of nitrogens with two attached hydrogens (primary N) is 1. The van der Waals surface area contributed by atoms with Crippen LogP contribution < -0.4 is 11.1 Å². The Labute approximate surface area is 115 Å². The lowest BCUT2D eigenvalue weighted by molar-refractivity contribution is 0.318. The molecule has 0 unspecified atom stereocenters. The van der Waals surface area contributed by atoms with Crippen LogP contribution >= 0.6 is 0 Å². The van der Waals surface area contributed by atoms with Gasteiger partial charge in [0.2, 0.25) is 0 Å². The highest BCUT2D eigenvalue weighted by Crippen LogP contribution is 2.12. The maximum absolute atomic E-state index is 14.1. The summed E-state index contributed by atoms with van der Waals surface area (Å²) in [5.74, 6) is -0.713. The first-order valence-corrected chi connectivity index (χ1v) is 6.16. The van der Waals surface area contributed by atoms with E-state index in [1.54, 1.807) is 23.0 Å². The Kier molecular flexibility index (Phi) is 4.67. The highest BCUT2D eigenvalue weighted by Gasteiger charge is 2.10. The van der Waals surface area contributed by atoms with Gasteiger partial charge in [0.15, 0.2) is 5.84 Å². The van der Waals surface area contributed by atoms with E-state index in [9.17, 15) is 4.39 Å². The zero-order valence-electron chi connectivity index (χ0n) is 10.8. The van der Waals surface area contributed by atoms with Gasteiger partial charge in [0.05, 0.1) is 12.1 Å². The molecule has 106 valence electrons. The number of rotatable bonds is 6. The fourth-order valence-electron chi connectivity index (χ4n) is 1.82. The number of halogens is 1. The molecule has 0 fully saturated rings. The predicted octanol–water partition coefficient (Wildman–Crippen LogP) is 0.906. The molecule has 7 heteroatoms. The van der Waals surface area contributed by atoms with Crippen LogP contribution in [0.1, 0.15) is 11.1 Å². The van der Waals surface area contributed by atoms with E-state index in [-0.39, 0.29) is 11.4 Å². The zero-order chi connectivity index (χ0) is 14.4. The summed E-state index contributed by atoms with van der Waals surface area (Å²) in [7, 11) is 0. The van der Waals surface area contributed by atoms with Gasteiger partial charge in [-0.25, -0.2) is 4.39 Å². The van der Waals surface area contributed by atoms with Crippen molar-refractivity contribution in [2.24, 2.45) is 10.9 Å². The van der Waals surface area contributed by atoms with E-state index < -0.39 is 5.82 Å². The van der Waals surface area contributed by atoms with Crippen LogP contribution in [0.4, 0.5) is 4.39 Å². The molecule has 0 amide bonds. The molecule has 0 aliphatic carbocycles. The van der Waals surface area contributed by atoms with Crippen LogP contribution in [0, 0.1) is 5.82 Å². The first kappa shape index (κ1) is 14.0. The van der Waals surface area contributed by atoms with Crippen molar-refractivity contribution in [1.82, 2.24) is 15.1 Å². The molecule has 2 rings (SSSR count). The van der Waals surface area contributed by atoms with Crippen molar-refractivity contribution in [2.75, 3.05) is 6.54 Å². The molecule has 6 nitrogen and oxygen atoms in total. The minimum absolute atomic E-state index is 0.0962. The van der Waals surface area contributed by atoms with Gasteiger partial charge in [-0.3, -0.25) is 4.68 Å². The molecule has 0 saturated carbocycles. The molecule has 0 atom stereocenters. The van der Waals surface area contributed by atoms with Gasteiger partial charge in [0, 0.05) is 31.0 Å². The molecular formula is C13H16FN5O. The van der Waals surface area contributed by atoms with Gasteiger partial charge >= 0.3 is 0 Å². The van der Waals surface area contributed by atoms with Crippen molar-refractivity contribution in [2.45, 2.75) is 13.1 Å². The zero-order valence-corrected chi connectivity index (χ0v) is 10.8. The molecule has 0 bridgehead atoms. The third-order valence-corrected chi connectivity index (χ3v) is 2.85. The second-order valence-corrected chi connectivity index (χ2v) is 4.21. The number of benzene rings is 1. The number of nitrogens with one attached hydrogen (secondary N) is 1. The number of amidine groups is 1. The highest BCUT2D eigenvalue weighted by molar-refractivity contribution is 5.97. The quantitative estimate of drug-likeness (QED) is 0.241.